The summed E-state index contributed by atoms with van der Waals surface area (Å²) in [5.74, 6) is -0.178. The molecule has 110 valence electrons. The highest BCUT2D eigenvalue weighted by Crippen LogP contribution is 2.25. The van der Waals surface area contributed by atoms with Crippen LogP contribution in [0, 0.1) is 0 Å². The van der Waals surface area contributed by atoms with Crippen molar-refractivity contribution in [3.63, 3.8) is 0 Å². The Morgan fingerprint density at radius 1 is 1.45 bits per heavy atom. The fourth-order valence-electron chi connectivity index (χ4n) is 1.64. The van der Waals surface area contributed by atoms with E-state index in [-0.39, 0.29) is 23.6 Å². The molecule has 20 heavy (non-hydrogen) atoms. The van der Waals surface area contributed by atoms with Crippen molar-refractivity contribution < 1.29 is 15.0 Å². The number of nitrogens with two attached hydrogens (primary N) is 1. The van der Waals surface area contributed by atoms with Crippen LogP contribution in [-0.4, -0.2) is 22.3 Å². The lowest BCUT2D eigenvalue weighted by molar-refractivity contribution is -0.121. The highest BCUT2D eigenvalue weighted by Gasteiger charge is 2.07. The van der Waals surface area contributed by atoms with Crippen LogP contribution in [0.1, 0.15) is 32.3 Å². The van der Waals surface area contributed by atoms with Gasteiger partial charge in [-0.1, -0.05) is 6.92 Å². The Morgan fingerprint density at radius 3 is 2.75 bits per heavy atom. The Kier molecular flexibility index (Phi) is 5.71. The van der Waals surface area contributed by atoms with Gasteiger partial charge in [-0.3, -0.25) is 4.79 Å². The van der Waals surface area contributed by atoms with Crippen LogP contribution in [0.4, 0.5) is 0 Å². The predicted molar refractivity (Wildman–Crippen MR) is 77.6 cm³/mol. The molecule has 0 saturated carbocycles. The molecule has 1 rings (SSSR count). The molecule has 0 saturated heterocycles. The van der Waals surface area contributed by atoms with Crippen LogP contribution in [0.5, 0.6) is 11.5 Å². The molecule has 0 aromatic heterocycles. The average molecular weight is 279 g/mol. The normalized spacial score (nSPS) is 12.8. The monoisotopic (exact) mass is 279 g/mol. The molecule has 0 fully saturated rings. The molecule has 0 bridgehead atoms. The van der Waals surface area contributed by atoms with Crippen molar-refractivity contribution in [2.75, 3.05) is 0 Å². The van der Waals surface area contributed by atoms with Crippen molar-refractivity contribution in [2.45, 2.75) is 32.9 Å². The van der Waals surface area contributed by atoms with E-state index in [1.807, 2.05) is 6.92 Å². The van der Waals surface area contributed by atoms with Crippen LogP contribution >= 0.6 is 0 Å². The third-order valence-electron chi connectivity index (χ3n) is 2.64. The van der Waals surface area contributed by atoms with E-state index >= 15 is 0 Å². The smallest absolute Gasteiger partial charge is 0.221 e. The molecule has 1 unspecified atom stereocenters. The number of carbonyl (C=O) groups is 1. The van der Waals surface area contributed by atoms with Gasteiger partial charge in [0.15, 0.2) is 0 Å². The Bertz CT molecular complexity index is 500. The van der Waals surface area contributed by atoms with Crippen molar-refractivity contribution in [3.05, 3.63) is 30.0 Å². The summed E-state index contributed by atoms with van der Waals surface area (Å²) in [6.45, 7) is 3.72. The molecule has 0 aliphatic rings. The number of phenols is 2. The minimum atomic E-state index is -0.271. The van der Waals surface area contributed by atoms with E-state index in [1.165, 1.54) is 24.4 Å². The minimum Gasteiger partial charge on any atom is -0.508 e. The maximum absolute atomic E-state index is 11.4. The van der Waals surface area contributed by atoms with E-state index in [4.69, 9.17) is 5.73 Å². The van der Waals surface area contributed by atoms with E-state index in [9.17, 15) is 15.0 Å². The highest BCUT2D eigenvalue weighted by atomic mass is 16.3. The maximum atomic E-state index is 11.4. The van der Waals surface area contributed by atoms with Gasteiger partial charge in [0, 0.05) is 24.3 Å². The second-order valence-electron chi connectivity index (χ2n) is 4.51. The molecule has 1 amide bonds. The van der Waals surface area contributed by atoms with E-state index < -0.39 is 0 Å². The van der Waals surface area contributed by atoms with Crippen LogP contribution in [0.15, 0.2) is 24.4 Å². The molecule has 0 aliphatic carbocycles. The van der Waals surface area contributed by atoms with Crippen molar-refractivity contribution in [3.8, 4) is 11.5 Å². The number of hydrogen-bond donors (Lipinski definition) is 5. The lowest BCUT2D eigenvalue weighted by Crippen LogP contribution is -2.40. The molecule has 0 heterocycles. The van der Waals surface area contributed by atoms with Gasteiger partial charge >= 0.3 is 0 Å². The quantitative estimate of drug-likeness (QED) is 0.503. The lowest BCUT2D eigenvalue weighted by atomic mass is 10.1. The van der Waals surface area contributed by atoms with E-state index in [0.29, 0.717) is 17.7 Å². The largest absolute Gasteiger partial charge is 0.508 e. The van der Waals surface area contributed by atoms with E-state index in [2.05, 4.69) is 10.6 Å². The number of hydrogen-bond acceptors (Lipinski definition) is 5. The fraction of sp³-hybridized carbons (Fsp3) is 0.357. The van der Waals surface area contributed by atoms with E-state index in [1.54, 1.807) is 6.92 Å². The number of aromatic hydroxyl groups is 2. The summed E-state index contributed by atoms with van der Waals surface area (Å²) in [6, 6.07) is 4.16. The number of benzene rings is 1. The van der Waals surface area contributed by atoms with Gasteiger partial charge in [-0.2, -0.15) is 0 Å². The third-order valence-corrected chi connectivity index (χ3v) is 2.64. The summed E-state index contributed by atoms with van der Waals surface area (Å²) in [5.41, 5.74) is 6.54. The summed E-state index contributed by atoms with van der Waals surface area (Å²) in [6.07, 6.45) is 2.50. The van der Waals surface area contributed by atoms with Gasteiger partial charge in [-0.15, -0.1) is 0 Å². The molecular weight excluding hydrogens is 258 g/mol. The van der Waals surface area contributed by atoms with Crippen molar-refractivity contribution in [1.82, 2.24) is 10.6 Å². The van der Waals surface area contributed by atoms with Crippen molar-refractivity contribution in [1.29, 1.82) is 0 Å². The predicted octanol–water partition coefficient (Wildman–Crippen LogP) is 1.21. The number of carbonyl (C=O) groups excluding carboxylic acids is 1. The maximum Gasteiger partial charge on any atom is 0.221 e. The number of rotatable bonds is 6. The molecule has 0 spiro atoms. The zero-order chi connectivity index (χ0) is 15.1. The minimum absolute atomic E-state index is 0.0350. The Morgan fingerprint density at radius 2 is 2.15 bits per heavy atom. The topological polar surface area (TPSA) is 108 Å². The number of phenolic OH excluding ortho intramolecular Hbond substituents is 2. The molecule has 1 aromatic carbocycles. The molecule has 1 aromatic rings. The van der Waals surface area contributed by atoms with Crippen LogP contribution in [0.25, 0.3) is 5.70 Å². The van der Waals surface area contributed by atoms with E-state index in [0.717, 1.165) is 6.42 Å². The summed E-state index contributed by atoms with van der Waals surface area (Å²) >= 11 is 0. The summed E-state index contributed by atoms with van der Waals surface area (Å²) < 4.78 is 0. The lowest BCUT2D eigenvalue weighted by Gasteiger charge is -2.15. The third kappa shape index (κ3) is 4.72. The second kappa shape index (κ2) is 7.28. The van der Waals surface area contributed by atoms with Crippen LogP contribution in [-0.2, 0) is 4.79 Å². The molecule has 6 heteroatoms. The molecule has 6 nitrogen and oxygen atoms in total. The molecular formula is C14H21N3O3. The first-order valence-corrected chi connectivity index (χ1v) is 6.47. The number of nitrogens with one attached hydrogen (secondary N) is 2. The first-order valence-electron chi connectivity index (χ1n) is 6.47. The fourth-order valence-corrected chi connectivity index (χ4v) is 1.64. The van der Waals surface area contributed by atoms with Gasteiger partial charge in [0.25, 0.3) is 0 Å². The van der Waals surface area contributed by atoms with Crippen LogP contribution in [0.2, 0.25) is 0 Å². The standard InChI is InChI=1S/C14H21N3O3/c1-3-4-14(20)17-9(2)16-8-12(15)11-6-5-10(18)7-13(11)19/h5-9,16,18-19H,3-4,15H2,1-2H3,(H,17,20)/b12-8-. The van der Waals surface area contributed by atoms with Gasteiger partial charge in [0.1, 0.15) is 11.5 Å². The summed E-state index contributed by atoms with van der Waals surface area (Å²) in [5, 5.41) is 24.5. The first-order chi connectivity index (χ1) is 9.43. The molecule has 6 N–H and O–H groups in total. The van der Waals surface area contributed by atoms with Gasteiger partial charge in [-0.05, 0) is 25.5 Å². The van der Waals surface area contributed by atoms with Crippen molar-refractivity contribution in [2.24, 2.45) is 5.73 Å². The zero-order valence-corrected chi connectivity index (χ0v) is 11.7. The molecule has 0 aliphatic heterocycles. The van der Waals surface area contributed by atoms with Gasteiger partial charge in [0.05, 0.1) is 11.9 Å². The average Bonchev–Trinajstić information content (AvgIpc) is 2.36. The molecule has 1 atom stereocenters. The van der Waals surface area contributed by atoms with Crippen LogP contribution < -0.4 is 16.4 Å². The SMILES string of the molecule is CCCC(=O)NC(C)N/C=C(\N)c1ccc(O)cc1O. The highest BCUT2D eigenvalue weighted by molar-refractivity contribution is 5.76. The summed E-state index contributed by atoms with van der Waals surface area (Å²) in [4.78, 5) is 11.4. The Labute approximate surface area is 118 Å². The first kappa shape index (κ1) is 15.7. The Hall–Kier alpha value is -2.37. The van der Waals surface area contributed by atoms with Crippen LogP contribution in [0.3, 0.4) is 0 Å². The second-order valence-corrected chi connectivity index (χ2v) is 4.51. The molecule has 0 radical (unpaired) electrons. The Balaban J connectivity index is 2.63. The van der Waals surface area contributed by atoms with Gasteiger partial charge in [0.2, 0.25) is 5.91 Å². The van der Waals surface area contributed by atoms with Gasteiger partial charge in [-0.25, -0.2) is 0 Å². The zero-order valence-electron chi connectivity index (χ0n) is 11.7. The number of amides is 1. The van der Waals surface area contributed by atoms with Crippen molar-refractivity contribution >= 4 is 11.6 Å². The summed E-state index contributed by atoms with van der Waals surface area (Å²) in [7, 11) is 0. The van der Waals surface area contributed by atoms with Gasteiger partial charge < -0.3 is 26.6 Å².